The van der Waals surface area contributed by atoms with Gasteiger partial charge in [-0.05, 0) is 52.3 Å². The standard InChI is InChI=1S/C15H15Br2NO3S/c1-3-4-5-18-14(19)12(22-15(18)20)7-9-6-10(16)8-11(17)13(9)21-2/h6-8H,3-5H2,1-2H3/b12-7-. The molecule has 0 aromatic heterocycles. The van der Waals surface area contributed by atoms with E-state index in [4.69, 9.17) is 4.74 Å². The van der Waals surface area contributed by atoms with Crippen molar-refractivity contribution in [1.82, 2.24) is 4.90 Å². The number of carbonyl (C=O) groups excluding carboxylic acids is 2. The number of thioether (sulfide) groups is 1. The summed E-state index contributed by atoms with van der Waals surface area (Å²) < 4.78 is 7.00. The van der Waals surface area contributed by atoms with Crippen LogP contribution in [0.5, 0.6) is 5.75 Å². The molecular formula is C15H15Br2NO3S. The third kappa shape index (κ3) is 3.75. The van der Waals surface area contributed by atoms with Crippen LogP contribution in [0.1, 0.15) is 25.3 Å². The molecule has 1 fully saturated rings. The maximum Gasteiger partial charge on any atom is 0.293 e. The molecule has 0 unspecified atom stereocenters. The molecule has 1 aromatic rings. The first-order valence-corrected chi connectivity index (χ1v) is 9.16. The van der Waals surface area contributed by atoms with Gasteiger partial charge in [-0.25, -0.2) is 0 Å². The highest BCUT2D eigenvalue weighted by Gasteiger charge is 2.34. The highest BCUT2D eigenvalue weighted by atomic mass is 79.9. The lowest BCUT2D eigenvalue weighted by Crippen LogP contribution is -2.29. The first kappa shape index (κ1) is 17.6. The quantitative estimate of drug-likeness (QED) is 0.590. The van der Waals surface area contributed by atoms with Gasteiger partial charge in [0.25, 0.3) is 11.1 Å². The van der Waals surface area contributed by atoms with Crippen LogP contribution in [0.25, 0.3) is 6.08 Å². The maximum atomic E-state index is 12.3. The van der Waals surface area contributed by atoms with E-state index in [2.05, 4.69) is 31.9 Å². The van der Waals surface area contributed by atoms with Crippen LogP contribution in [0.15, 0.2) is 26.0 Å². The van der Waals surface area contributed by atoms with E-state index in [1.54, 1.807) is 13.2 Å². The lowest BCUT2D eigenvalue weighted by molar-refractivity contribution is -0.122. The van der Waals surface area contributed by atoms with Crippen molar-refractivity contribution >= 4 is 60.8 Å². The molecule has 1 saturated heterocycles. The molecule has 2 amide bonds. The molecule has 0 bridgehead atoms. The Balaban J connectivity index is 2.35. The second kappa shape index (κ2) is 7.66. The SMILES string of the molecule is CCCCN1C(=O)S/C(=C\c2cc(Br)cc(Br)c2OC)C1=O. The van der Waals surface area contributed by atoms with Crippen LogP contribution in [0, 0.1) is 0 Å². The molecule has 0 aliphatic carbocycles. The molecule has 22 heavy (non-hydrogen) atoms. The van der Waals surface area contributed by atoms with Gasteiger partial charge in [-0.15, -0.1) is 0 Å². The van der Waals surface area contributed by atoms with Gasteiger partial charge < -0.3 is 4.74 Å². The number of hydrogen-bond acceptors (Lipinski definition) is 4. The summed E-state index contributed by atoms with van der Waals surface area (Å²) in [5.74, 6) is 0.394. The fourth-order valence-electron chi connectivity index (χ4n) is 2.05. The van der Waals surface area contributed by atoms with E-state index < -0.39 is 0 Å². The Bertz CT molecular complexity index is 646. The van der Waals surface area contributed by atoms with Crippen LogP contribution in [-0.2, 0) is 4.79 Å². The Morgan fingerprint density at radius 2 is 2.05 bits per heavy atom. The van der Waals surface area contributed by atoms with E-state index in [0.29, 0.717) is 17.2 Å². The Kier molecular flexibility index (Phi) is 6.11. The summed E-state index contributed by atoms with van der Waals surface area (Å²) in [5.41, 5.74) is 0.741. The van der Waals surface area contributed by atoms with E-state index >= 15 is 0 Å². The molecular weight excluding hydrogens is 434 g/mol. The Morgan fingerprint density at radius 1 is 1.32 bits per heavy atom. The average Bonchev–Trinajstić information content (AvgIpc) is 2.71. The first-order valence-electron chi connectivity index (χ1n) is 6.76. The molecule has 118 valence electrons. The summed E-state index contributed by atoms with van der Waals surface area (Å²) in [6, 6.07) is 3.72. The van der Waals surface area contributed by atoms with E-state index in [9.17, 15) is 9.59 Å². The number of ether oxygens (including phenoxy) is 1. The second-order valence-electron chi connectivity index (χ2n) is 4.70. The van der Waals surface area contributed by atoms with Gasteiger partial charge in [-0.3, -0.25) is 14.5 Å². The Labute approximate surface area is 150 Å². The zero-order valence-corrected chi connectivity index (χ0v) is 16.2. The highest BCUT2D eigenvalue weighted by molar-refractivity contribution is 9.11. The lowest BCUT2D eigenvalue weighted by Gasteiger charge is -2.11. The number of unbranched alkanes of at least 4 members (excludes halogenated alkanes) is 1. The third-order valence-corrected chi connectivity index (χ3v) is 5.09. The summed E-state index contributed by atoms with van der Waals surface area (Å²) in [6.07, 6.45) is 3.45. The van der Waals surface area contributed by atoms with Crippen LogP contribution < -0.4 is 4.74 Å². The molecule has 0 atom stereocenters. The van der Waals surface area contributed by atoms with Crippen LogP contribution in [0.4, 0.5) is 4.79 Å². The molecule has 0 radical (unpaired) electrons. The molecule has 1 heterocycles. The largest absolute Gasteiger partial charge is 0.495 e. The van der Waals surface area contributed by atoms with Gasteiger partial charge in [0, 0.05) is 16.6 Å². The van der Waals surface area contributed by atoms with Crippen LogP contribution in [0.2, 0.25) is 0 Å². The number of imide groups is 1. The predicted molar refractivity (Wildman–Crippen MR) is 96.0 cm³/mol. The van der Waals surface area contributed by atoms with E-state index in [1.807, 2.05) is 19.1 Å². The molecule has 7 heteroatoms. The minimum Gasteiger partial charge on any atom is -0.495 e. The number of nitrogens with zero attached hydrogens (tertiary/aromatic N) is 1. The van der Waals surface area contributed by atoms with Crippen molar-refractivity contribution in [2.45, 2.75) is 19.8 Å². The topological polar surface area (TPSA) is 46.6 Å². The number of hydrogen-bond donors (Lipinski definition) is 0. The number of amides is 2. The molecule has 0 N–H and O–H groups in total. The lowest BCUT2D eigenvalue weighted by atomic mass is 10.2. The molecule has 1 aliphatic heterocycles. The zero-order valence-electron chi connectivity index (χ0n) is 12.2. The summed E-state index contributed by atoms with van der Waals surface area (Å²) in [5, 5.41) is -0.210. The van der Waals surface area contributed by atoms with Gasteiger partial charge in [-0.2, -0.15) is 0 Å². The van der Waals surface area contributed by atoms with Crippen molar-refractivity contribution < 1.29 is 14.3 Å². The summed E-state index contributed by atoms with van der Waals surface area (Å²) in [6.45, 7) is 2.50. The van der Waals surface area contributed by atoms with Crippen molar-refractivity contribution in [3.8, 4) is 5.75 Å². The second-order valence-corrected chi connectivity index (χ2v) is 7.46. The fourth-order valence-corrected chi connectivity index (χ4v) is 4.33. The minimum atomic E-state index is -0.235. The van der Waals surface area contributed by atoms with Crippen LogP contribution >= 0.6 is 43.6 Å². The summed E-state index contributed by atoms with van der Waals surface area (Å²) in [7, 11) is 1.57. The van der Waals surface area contributed by atoms with E-state index in [-0.39, 0.29) is 11.1 Å². The molecule has 0 saturated carbocycles. The van der Waals surface area contributed by atoms with Gasteiger partial charge in [-0.1, -0.05) is 29.3 Å². The van der Waals surface area contributed by atoms with Gasteiger partial charge in [0.15, 0.2) is 0 Å². The van der Waals surface area contributed by atoms with Crippen LogP contribution in [-0.4, -0.2) is 29.7 Å². The van der Waals surface area contributed by atoms with Gasteiger partial charge >= 0.3 is 0 Å². The van der Waals surface area contributed by atoms with E-state index in [0.717, 1.165) is 39.1 Å². The normalized spacial score (nSPS) is 16.7. The molecule has 4 nitrogen and oxygen atoms in total. The highest BCUT2D eigenvalue weighted by Crippen LogP contribution is 2.38. The van der Waals surface area contributed by atoms with Crippen LogP contribution in [0.3, 0.4) is 0 Å². The van der Waals surface area contributed by atoms with Gasteiger partial charge in [0.1, 0.15) is 5.75 Å². The van der Waals surface area contributed by atoms with Crippen molar-refractivity contribution in [2.75, 3.05) is 13.7 Å². The van der Waals surface area contributed by atoms with E-state index in [1.165, 1.54) is 4.90 Å². The monoisotopic (exact) mass is 447 g/mol. The summed E-state index contributed by atoms with van der Waals surface area (Å²) in [4.78, 5) is 26.0. The molecule has 1 aliphatic rings. The van der Waals surface area contributed by atoms with Crippen molar-refractivity contribution in [1.29, 1.82) is 0 Å². The number of rotatable bonds is 5. The summed E-state index contributed by atoms with van der Waals surface area (Å²) >= 11 is 7.81. The minimum absolute atomic E-state index is 0.210. The maximum absolute atomic E-state index is 12.3. The average molecular weight is 449 g/mol. The number of benzene rings is 1. The Hall–Kier alpha value is -0.790. The molecule has 0 spiro atoms. The van der Waals surface area contributed by atoms with Crippen molar-refractivity contribution in [3.05, 3.63) is 31.5 Å². The fraction of sp³-hybridized carbons (Fsp3) is 0.333. The van der Waals surface area contributed by atoms with Gasteiger partial charge in [0.05, 0.1) is 16.5 Å². The molecule has 2 rings (SSSR count). The van der Waals surface area contributed by atoms with Crippen molar-refractivity contribution in [3.63, 3.8) is 0 Å². The van der Waals surface area contributed by atoms with Gasteiger partial charge in [0.2, 0.25) is 0 Å². The zero-order chi connectivity index (χ0) is 16.3. The third-order valence-electron chi connectivity index (χ3n) is 3.14. The smallest absolute Gasteiger partial charge is 0.293 e. The number of carbonyl (C=O) groups is 2. The molecule has 1 aromatic carbocycles. The predicted octanol–water partition coefficient (Wildman–Crippen LogP) is 5.06. The Morgan fingerprint density at radius 3 is 2.68 bits per heavy atom. The number of methoxy groups -OCH3 is 1. The first-order chi connectivity index (χ1) is 10.5. The van der Waals surface area contributed by atoms with Crippen molar-refractivity contribution in [2.24, 2.45) is 0 Å². The number of halogens is 2.